The SMILES string of the molecule is COC(=O)/C(=C(\C)OS(=O)(=O)c1ccc(C)cc1)C(C)C. The molecule has 0 aliphatic rings. The number of methoxy groups -OCH3 is 1. The molecule has 0 aromatic heterocycles. The van der Waals surface area contributed by atoms with Gasteiger partial charge in [0.2, 0.25) is 0 Å². The Morgan fingerprint density at radius 2 is 1.67 bits per heavy atom. The quantitative estimate of drug-likeness (QED) is 0.362. The summed E-state index contributed by atoms with van der Waals surface area (Å²) in [4.78, 5) is 11.7. The van der Waals surface area contributed by atoms with Crippen LogP contribution < -0.4 is 0 Å². The van der Waals surface area contributed by atoms with Gasteiger partial charge in [-0.3, -0.25) is 0 Å². The lowest BCUT2D eigenvalue weighted by atomic mass is 10.0. The van der Waals surface area contributed by atoms with E-state index in [4.69, 9.17) is 4.18 Å². The zero-order valence-corrected chi connectivity index (χ0v) is 13.7. The first-order chi connectivity index (χ1) is 9.69. The van der Waals surface area contributed by atoms with Crippen molar-refractivity contribution < 1.29 is 22.1 Å². The average Bonchev–Trinajstić information content (AvgIpc) is 2.37. The number of ether oxygens (including phenoxy) is 1. The van der Waals surface area contributed by atoms with Gasteiger partial charge in [-0.15, -0.1) is 0 Å². The van der Waals surface area contributed by atoms with Crippen LogP contribution in [0.2, 0.25) is 0 Å². The molecule has 0 heterocycles. The van der Waals surface area contributed by atoms with Crippen molar-refractivity contribution in [2.24, 2.45) is 5.92 Å². The van der Waals surface area contributed by atoms with Crippen LogP contribution in [0.15, 0.2) is 40.5 Å². The summed E-state index contributed by atoms with van der Waals surface area (Å²) < 4.78 is 34.1. The molecule has 1 aromatic rings. The molecule has 0 saturated carbocycles. The highest BCUT2D eigenvalue weighted by Gasteiger charge is 2.23. The predicted molar refractivity (Wildman–Crippen MR) is 79.0 cm³/mol. The van der Waals surface area contributed by atoms with E-state index in [9.17, 15) is 13.2 Å². The van der Waals surface area contributed by atoms with Crippen molar-refractivity contribution in [1.29, 1.82) is 0 Å². The Hall–Kier alpha value is -1.82. The van der Waals surface area contributed by atoms with Crippen LogP contribution in [0.1, 0.15) is 26.3 Å². The molecule has 6 heteroatoms. The van der Waals surface area contributed by atoms with Gasteiger partial charge in [0.25, 0.3) is 0 Å². The van der Waals surface area contributed by atoms with Gasteiger partial charge in [-0.2, -0.15) is 8.42 Å². The summed E-state index contributed by atoms with van der Waals surface area (Å²) in [6, 6.07) is 6.29. The lowest BCUT2D eigenvalue weighted by Crippen LogP contribution is -2.15. The number of allylic oxidation sites excluding steroid dienone is 1. The van der Waals surface area contributed by atoms with Crippen LogP contribution in [0.4, 0.5) is 0 Å². The molecule has 0 aliphatic carbocycles. The van der Waals surface area contributed by atoms with E-state index in [1.165, 1.54) is 26.2 Å². The molecule has 21 heavy (non-hydrogen) atoms. The fourth-order valence-corrected chi connectivity index (χ4v) is 2.84. The Kier molecular flexibility index (Phi) is 5.54. The number of aryl methyl sites for hydroxylation is 1. The maximum atomic E-state index is 12.2. The van der Waals surface area contributed by atoms with Gasteiger partial charge in [-0.25, -0.2) is 4.79 Å². The summed E-state index contributed by atoms with van der Waals surface area (Å²) in [7, 11) is -2.72. The van der Waals surface area contributed by atoms with Crippen molar-refractivity contribution in [2.45, 2.75) is 32.6 Å². The average molecular weight is 312 g/mol. The zero-order valence-electron chi connectivity index (χ0n) is 12.8. The smallest absolute Gasteiger partial charge is 0.338 e. The summed E-state index contributed by atoms with van der Waals surface area (Å²) >= 11 is 0. The third-order valence-corrected chi connectivity index (χ3v) is 4.23. The second-order valence-corrected chi connectivity index (χ2v) is 6.51. The van der Waals surface area contributed by atoms with E-state index >= 15 is 0 Å². The second-order valence-electron chi connectivity index (χ2n) is 4.97. The first-order valence-corrected chi connectivity index (χ1v) is 7.90. The molecule has 5 nitrogen and oxygen atoms in total. The van der Waals surface area contributed by atoms with Crippen molar-refractivity contribution in [3.63, 3.8) is 0 Å². The van der Waals surface area contributed by atoms with E-state index in [2.05, 4.69) is 4.74 Å². The maximum absolute atomic E-state index is 12.2. The van der Waals surface area contributed by atoms with Crippen LogP contribution in [0, 0.1) is 12.8 Å². The molecule has 1 rings (SSSR count). The van der Waals surface area contributed by atoms with E-state index in [1.54, 1.807) is 26.0 Å². The zero-order chi connectivity index (χ0) is 16.2. The minimum absolute atomic E-state index is 0.0254. The van der Waals surface area contributed by atoms with Crippen LogP contribution >= 0.6 is 0 Å². The summed E-state index contributed by atoms with van der Waals surface area (Å²) in [6.07, 6.45) is 0. The molecular weight excluding hydrogens is 292 g/mol. The highest BCUT2D eigenvalue weighted by Crippen LogP contribution is 2.22. The van der Waals surface area contributed by atoms with E-state index in [0.29, 0.717) is 0 Å². The number of esters is 1. The third kappa shape index (κ3) is 4.32. The molecule has 1 aromatic carbocycles. The van der Waals surface area contributed by atoms with Crippen molar-refractivity contribution in [3.8, 4) is 0 Å². The number of benzene rings is 1. The summed E-state index contributed by atoms with van der Waals surface area (Å²) in [5.74, 6) is -0.787. The van der Waals surface area contributed by atoms with Crippen LogP contribution in [-0.2, 0) is 23.8 Å². The van der Waals surface area contributed by atoms with Gasteiger partial charge in [0, 0.05) is 0 Å². The largest absolute Gasteiger partial charge is 0.466 e. The van der Waals surface area contributed by atoms with Crippen molar-refractivity contribution >= 4 is 16.1 Å². The van der Waals surface area contributed by atoms with Crippen molar-refractivity contribution in [3.05, 3.63) is 41.2 Å². The lowest BCUT2D eigenvalue weighted by Gasteiger charge is -2.14. The Labute approximate surface area is 125 Å². The maximum Gasteiger partial charge on any atom is 0.338 e. The van der Waals surface area contributed by atoms with E-state index in [0.717, 1.165) is 5.56 Å². The fourth-order valence-electron chi connectivity index (χ4n) is 1.86. The minimum atomic E-state index is -3.96. The minimum Gasteiger partial charge on any atom is -0.466 e. The van der Waals surface area contributed by atoms with Crippen LogP contribution in [0.25, 0.3) is 0 Å². The number of hydrogen-bond donors (Lipinski definition) is 0. The molecular formula is C15H20O5S. The lowest BCUT2D eigenvalue weighted by molar-refractivity contribution is -0.136. The first kappa shape index (κ1) is 17.2. The molecule has 0 fully saturated rings. The predicted octanol–water partition coefficient (Wildman–Crippen LogP) is 2.80. The van der Waals surface area contributed by atoms with Gasteiger partial charge in [-0.1, -0.05) is 31.5 Å². The monoisotopic (exact) mass is 312 g/mol. The molecule has 0 radical (unpaired) electrons. The van der Waals surface area contributed by atoms with E-state index in [1.807, 2.05) is 6.92 Å². The molecule has 0 saturated heterocycles. The Morgan fingerprint density at radius 3 is 2.10 bits per heavy atom. The molecule has 0 amide bonds. The molecule has 0 spiro atoms. The summed E-state index contributed by atoms with van der Waals surface area (Å²) in [5, 5.41) is 0. The Bertz CT molecular complexity index is 639. The third-order valence-electron chi connectivity index (χ3n) is 2.91. The van der Waals surface area contributed by atoms with E-state index < -0.39 is 16.1 Å². The van der Waals surface area contributed by atoms with E-state index in [-0.39, 0.29) is 22.1 Å². The van der Waals surface area contributed by atoms with Crippen molar-refractivity contribution in [1.82, 2.24) is 0 Å². The normalized spacial score (nSPS) is 12.9. The Balaban J connectivity index is 3.17. The molecule has 0 aliphatic heterocycles. The first-order valence-electron chi connectivity index (χ1n) is 6.49. The van der Waals surface area contributed by atoms with Crippen LogP contribution in [0.5, 0.6) is 0 Å². The Morgan fingerprint density at radius 1 is 1.14 bits per heavy atom. The number of hydrogen-bond acceptors (Lipinski definition) is 5. The number of carbonyl (C=O) groups is 1. The van der Waals surface area contributed by atoms with Gasteiger partial charge < -0.3 is 8.92 Å². The fraction of sp³-hybridized carbons (Fsp3) is 0.400. The highest BCUT2D eigenvalue weighted by atomic mass is 32.2. The number of carbonyl (C=O) groups excluding carboxylic acids is 1. The molecule has 116 valence electrons. The molecule has 0 unspecified atom stereocenters. The topological polar surface area (TPSA) is 69.7 Å². The second kappa shape index (κ2) is 6.76. The van der Waals surface area contributed by atoms with Gasteiger partial charge in [0.15, 0.2) is 0 Å². The molecule has 0 bridgehead atoms. The molecule has 0 N–H and O–H groups in total. The van der Waals surface area contributed by atoms with Crippen molar-refractivity contribution in [2.75, 3.05) is 7.11 Å². The number of rotatable bonds is 5. The molecule has 0 atom stereocenters. The van der Waals surface area contributed by atoms with Crippen LogP contribution in [-0.4, -0.2) is 21.5 Å². The summed E-state index contributed by atoms with van der Waals surface area (Å²) in [6.45, 7) is 6.82. The highest BCUT2D eigenvalue weighted by molar-refractivity contribution is 7.86. The van der Waals surface area contributed by atoms with Gasteiger partial charge in [0.1, 0.15) is 10.7 Å². The standard InChI is InChI=1S/C15H20O5S/c1-10(2)14(15(16)19-5)12(4)20-21(17,18)13-8-6-11(3)7-9-13/h6-10H,1-5H3/b14-12+. The summed E-state index contributed by atoms with van der Waals surface area (Å²) in [5.41, 5.74) is 1.15. The van der Waals surface area contributed by atoms with Gasteiger partial charge >= 0.3 is 16.1 Å². The van der Waals surface area contributed by atoms with Gasteiger partial charge in [-0.05, 0) is 31.9 Å². The van der Waals surface area contributed by atoms with Gasteiger partial charge in [0.05, 0.1) is 12.7 Å². The van der Waals surface area contributed by atoms with Crippen LogP contribution in [0.3, 0.4) is 0 Å².